The topological polar surface area (TPSA) is 106 Å². The molecule has 7 nitrogen and oxygen atoms in total. The largest absolute Gasteiger partial charge is 0.506 e. The van der Waals surface area contributed by atoms with Gasteiger partial charge in [-0.2, -0.15) is 0 Å². The van der Waals surface area contributed by atoms with Gasteiger partial charge < -0.3 is 26.0 Å². The van der Waals surface area contributed by atoms with Gasteiger partial charge in [0.15, 0.2) is 11.6 Å². The summed E-state index contributed by atoms with van der Waals surface area (Å²) in [5, 5.41) is 19.9. The fourth-order valence-electron chi connectivity index (χ4n) is 3.50. The number of aromatic amines is 1. The van der Waals surface area contributed by atoms with Crippen LogP contribution in [0.25, 0.3) is 10.9 Å². The zero-order valence-electron chi connectivity index (χ0n) is 18.2. The standard InChI is InChI=1S/C24H28F2N4O3/c25-19-4-1-16(15-20(19)26)7-10-27-12-9-22(32)29-14-13-28-11-8-17-2-5-21(31)24-18(17)3-6-23(33)30-24/h1-6,15,27-28,31H,7-14H2,(H,29,32)(H,30,33). The Bertz CT molecular complexity index is 1150. The number of aromatic nitrogens is 1. The normalized spacial score (nSPS) is 11.1. The Morgan fingerprint density at radius 2 is 1.67 bits per heavy atom. The van der Waals surface area contributed by atoms with Crippen molar-refractivity contribution >= 4 is 16.8 Å². The molecule has 0 saturated heterocycles. The number of aromatic hydroxyl groups is 1. The van der Waals surface area contributed by atoms with E-state index in [9.17, 15) is 23.5 Å². The predicted octanol–water partition coefficient (Wildman–Crippen LogP) is 1.98. The molecule has 3 rings (SSSR count). The summed E-state index contributed by atoms with van der Waals surface area (Å²) in [5.74, 6) is -1.73. The number of rotatable bonds is 12. The Morgan fingerprint density at radius 1 is 0.879 bits per heavy atom. The third kappa shape index (κ3) is 7.37. The molecular formula is C24H28F2N4O3. The molecule has 9 heteroatoms. The third-order valence-corrected chi connectivity index (χ3v) is 5.26. The molecule has 0 bridgehead atoms. The molecular weight excluding hydrogens is 430 g/mol. The van der Waals surface area contributed by atoms with Gasteiger partial charge in [0.1, 0.15) is 5.75 Å². The van der Waals surface area contributed by atoms with E-state index >= 15 is 0 Å². The van der Waals surface area contributed by atoms with Crippen molar-refractivity contribution in [2.45, 2.75) is 19.3 Å². The number of hydrogen-bond donors (Lipinski definition) is 5. The first kappa shape index (κ1) is 24.3. The van der Waals surface area contributed by atoms with Crippen LogP contribution >= 0.6 is 0 Å². The fourth-order valence-corrected chi connectivity index (χ4v) is 3.50. The van der Waals surface area contributed by atoms with Gasteiger partial charge in [-0.15, -0.1) is 0 Å². The van der Waals surface area contributed by atoms with Crippen LogP contribution in [-0.2, 0) is 17.6 Å². The van der Waals surface area contributed by atoms with Gasteiger partial charge in [0.2, 0.25) is 11.5 Å². The van der Waals surface area contributed by atoms with Gasteiger partial charge in [0.25, 0.3) is 0 Å². The maximum atomic E-state index is 13.2. The number of pyridine rings is 1. The van der Waals surface area contributed by atoms with Crippen molar-refractivity contribution in [3.05, 3.63) is 75.6 Å². The lowest BCUT2D eigenvalue weighted by atomic mass is 10.0. The molecule has 0 fully saturated rings. The summed E-state index contributed by atoms with van der Waals surface area (Å²) in [7, 11) is 0. The summed E-state index contributed by atoms with van der Waals surface area (Å²) in [5.41, 5.74) is 1.88. The van der Waals surface area contributed by atoms with Crippen molar-refractivity contribution < 1.29 is 18.7 Å². The zero-order chi connectivity index (χ0) is 23.6. The highest BCUT2D eigenvalue weighted by molar-refractivity contribution is 5.87. The second-order valence-electron chi connectivity index (χ2n) is 7.70. The van der Waals surface area contributed by atoms with Crippen LogP contribution in [0.5, 0.6) is 5.75 Å². The molecule has 1 heterocycles. The van der Waals surface area contributed by atoms with E-state index in [2.05, 4.69) is 20.9 Å². The number of amides is 1. The molecule has 3 aromatic rings. The van der Waals surface area contributed by atoms with Gasteiger partial charge >= 0.3 is 0 Å². The summed E-state index contributed by atoms with van der Waals surface area (Å²) in [6, 6.07) is 10.4. The lowest BCUT2D eigenvalue weighted by molar-refractivity contribution is -0.120. The number of carbonyl (C=O) groups excluding carboxylic acids is 1. The summed E-state index contributed by atoms with van der Waals surface area (Å²) in [4.78, 5) is 26.0. The number of H-pyrrole nitrogens is 1. The highest BCUT2D eigenvalue weighted by atomic mass is 19.2. The molecule has 5 N–H and O–H groups in total. The Kier molecular flexibility index (Phi) is 8.91. The van der Waals surface area contributed by atoms with Gasteiger partial charge in [0, 0.05) is 37.5 Å². The van der Waals surface area contributed by atoms with E-state index in [-0.39, 0.29) is 17.2 Å². The van der Waals surface area contributed by atoms with Crippen molar-refractivity contribution in [1.29, 1.82) is 0 Å². The minimum Gasteiger partial charge on any atom is -0.506 e. The minimum absolute atomic E-state index is 0.0426. The molecule has 0 aliphatic carbocycles. The monoisotopic (exact) mass is 458 g/mol. The first-order valence-electron chi connectivity index (χ1n) is 10.9. The van der Waals surface area contributed by atoms with Crippen LogP contribution in [-0.4, -0.2) is 48.7 Å². The first-order valence-corrected chi connectivity index (χ1v) is 10.9. The van der Waals surface area contributed by atoms with Gasteiger partial charge in [-0.3, -0.25) is 9.59 Å². The molecule has 0 atom stereocenters. The van der Waals surface area contributed by atoms with Crippen LogP contribution in [0.15, 0.2) is 47.3 Å². The third-order valence-electron chi connectivity index (χ3n) is 5.26. The predicted molar refractivity (Wildman–Crippen MR) is 123 cm³/mol. The Hall–Kier alpha value is -3.30. The molecule has 0 unspecified atom stereocenters. The average Bonchev–Trinajstić information content (AvgIpc) is 2.79. The maximum Gasteiger partial charge on any atom is 0.248 e. The SMILES string of the molecule is O=C(CCNCCc1ccc(F)c(F)c1)NCCNCCc1ccc(O)c2[nH]c(=O)ccc12. The van der Waals surface area contributed by atoms with Crippen LogP contribution in [0.2, 0.25) is 0 Å². The van der Waals surface area contributed by atoms with Crippen LogP contribution < -0.4 is 21.5 Å². The van der Waals surface area contributed by atoms with Crippen molar-refractivity contribution in [1.82, 2.24) is 20.9 Å². The Labute approximate surface area is 190 Å². The molecule has 1 amide bonds. The van der Waals surface area contributed by atoms with Gasteiger partial charge in [0.05, 0.1) is 5.52 Å². The van der Waals surface area contributed by atoms with Crippen LogP contribution in [0.1, 0.15) is 17.5 Å². The van der Waals surface area contributed by atoms with Gasteiger partial charge in [-0.05, 0) is 61.3 Å². The minimum atomic E-state index is -0.857. The number of hydrogen-bond acceptors (Lipinski definition) is 5. The highest BCUT2D eigenvalue weighted by Crippen LogP contribution is 2.24. The highest BCUT2D eigenvalue weighted by Gasteiger charge is 2.07. The summed E-state index contributed by atoms with van der Waals surface area (Å²) >= 11 is 0. The first-order chi connectivity index (χ1) is 15.9. The van der Waals surface area contributed by atoms with E-state index in [1.165, 1.54) is 12.1 Å². The summed E-state index contributed by atoms with van der Waals surface area (Å²) < 4.78 is 26.1. The molecule has 0 saturated carbocycles. The van der Waals surface area contributed by atoms with E-state index in [1.807, 2.05) is 6.07 Å². The van der Waals surface area contributed by atoms with E-state index in [1.54, 1.807) is 18.2 Å². The number of benzene rings is 2. The summed E-state index contributed by atoms with van der Waals surface area (Å²) in [6.45, 7) is 2.86. The molecule has 176 valence electrons. The number of phenolic OH excluding ortho intramolecular Hbond substituents is 1. The quantitative estimate of drug-likeness (QED) is 0.267. The lowest BCUT2D eigenvalue weighted by Crippen LogP contribution is -2.34. The molecule has 0 radical (unpaired) electrons. The van der Waals surface area contributed by atoms with Gasteiger partial charge in [-0.1, -0.05) is 12.1 Å². The average molecular weight is 459 g/mol. The maximum absolute atomic E-state index is 13.2. The second kappa shape index (κ2) is 12.1. The molecule has 0 spiro atoms. The van der Waals surface area contributed by atoms with E-state index < -0.39 is 11.6 Å². The van der Waals surface area contributed by atoms with E-state index in [0.717, 1.165) is 17.0 Å². The number of halogens is 2. The Balaban J connectivity index is 1.26. The number of carbonyl (C=O) groups is 1. The Morgan fingerprint density at radius 3 is 2.48 bits per heavy atom. The van der Waals surface area contributed by atoms with Gasteiger partial charge in [-0.25, -0.2) is 8.78 Å². The number of fused-ring (bicyclic) bond motifs is 1. The fraction of sp³-hybridized carbons (Fsp3) is 0.333. The molecule has 33 heavy (non-hydrogen) atoms. The van der Waals surface area contributed by atoms with E-state index in [0.29, 0.717) is 63.1 Å². The lowest BCUT2D eigenvalue weighted by Gasteiger charge is -2.10. The number of nitrogens with one attached hydrogen (secondary N) is 4. The molecule has 0 aliphatic heterocycles. The molecule has 0 aliphatic rings. The second-order valence-corrected chi connectivity index (χ2v) is 7.70. The zero-order valence-corrected chi connectivity index (χ0v) is 18.2. The van der Waals surface area contributed by atoms with E-state index in [4.69, 9.17) is 0 Å². The smallest absolute Gasteiger partial charge is 0.248 e. The van der Waals surface area contributed by atoms with Crippen LogP contribution in [0.3, 0.4) is 0 Å². The molecule has 1 aromatic heterocycles. The van der Waals surface area contributed by atoms with Crippen molar-refractivity contribution in [3.8, 4) is 5.75 Å². The van der Waals surface area contributed by atoms with Crippen molar-refractivity contribution in [2.75, 3.05) is 32.7 Å². The number of phenols is 1. The van der Waals surface area contributed by atoms with Crippen molar-refractivity contribution in [2.24, 2.45) is 0 Å². The van der Waals surface area contributed by atoms with Crippen molar-refractivity contribution in [3.63, 3.8) is 0 Å². The van der Waals surface area contributed by atoms with Crippen LogP contribution in [0, 0.1) is 11.6 Å². The molecule has 2 aromatic carbocycles. The summed E-state index contributed by atoms with van der Waals surface area (Å²) in [6.07, 6.45) is 1.59. The van der Waals surface area contributed by atoms with Crippen LogP contribution in [0.4, 0.5) is 8.78 Å².